The summed E-state index contributed by atoms with van der Waals surface area (Å²) in [4.78, 5) is 1.21. The second-order valence-corrected chi connectivity index (χ2v) is 8.37. The van der Waals surface area contributed by atoms with Crippen molar-refractivity contribution in [2.24, 2.45) is 0 Å². The summed E-state index contributed by atoms with van der Waals surface area (Å²) in [6, 6.07) is 35.4. The molecule has 0 radical (unpaired) electrons. The zero-order valence-corrected chi connectivity index (χ0v) is 17.8. The molecule has 150 valence electrons. The maximum absolute atomic E-state index is 6.64. The topological polar surface area (TPSA) is 52.0 Å². The first kappa shape index (κ1) is 19.2. The number of rotatable bonds is 4. The van der Waals surface area contributed by atoms with E-state index in [0.717, 1.165) is 22.3 Å². The van der Waals surface area contributed by atoms with Crippen LogP contribution in [0.1, 0.15) is 0 Å². The Hall–Kier alpha value is -3.82. The van der Waals surface area contributed by atoms with E-state index in [1.807, 2.05) is 24.3 Å². The monoisotopic (exact) mass is 418 g/mol. The molecule has 5 aromatic rings. The standard InChI is InChI=1S/C28H22N2S/c29-27-22(20-11-5-2-6-12-20)16-17-24(28(27)30)23-14-7-13-21(19-9-3-1-4-10-19)26(23)25-15-8-18-31-25/h1-18H,29-30H2. The summed E-state index contributed by atoms with van der Waals surface area (Å²) in [5.74, 6) is 0. The maximum atomic E-state index is 6.64. The molecule has 4 aromatic carbocycles. The molecule has 0 saturated heterocycles. The number of nitrogens with two attached hydrogens (primary N) is 2. The lowest BCUT2D eigenvalue weighted by atomic mass is 9.89. The lowest BCUT2D eigenvalue weighted by molar-refractivity contribution is 1.56. The van der Waals surface area contributed by atoms with Crippen LogP contribution in [0.3, 0.4) is 0 Å². The molecule has 4 N–H and O–H groups in total. The fraction of sp³-hybridized carbons (Fsp3) is 0. The summed E-state index contributed by atoms with van der Waals surface area (Å²) in [5.41, 5.74) is 22.0. The molecule has 3 heteroatoms. The Morgan fingerprint density at radius 1 is 0.452 bits per heavy atom. The van der Waals surface area contributed by atoms with Crippen LogP contribution in [0.25, 0.3) is 43.8 Å². The molecule has 5 rings (SSSR count). The number of nitrogen functional groups attached to an aromatic ring is 2. The minimum atomic E-state index is 0.615. The van der Waals surface area contributed by atoms with E-state index in [-0.39, 0.29) is 0 Å². The molecule has 31 heavy (non-hydrogen) atoms. The third-order valence-corrected chi connectivity index (χ3v) is 6.47. The van der Waals surface area contributed by atoms with Gasteiger partial charge in [-0.25, -0.2) is 0 Å². The first-order valence-corrected chi connectivity index (χ1v) is 11.1. The number of hydrogen-bond acceptors (Lipinski definition) is 3. The largest absolute Gasteiger partial charge is 0.397 e. The first-order valence-electron chi connectivity index (χ1n) is 10.2. The molecule has 1 aromatic heterocycles. The van der Waals surface area contributed by atoms with Gasteiger partial charge in [0.2, 0.25) is 0 Å². The molecular formula is C28H22N2S. The Labute approximate surface area is 186 Å². The van der Waals surface area contributed by atoms with Crippen molar-refractivity contribution in [2.45, 2.75) is 0 Å². The molecular weight excluding hydrogens is 396 g/mol. The van der Waals surface area contributed by atoms with E-state index >= 15 is 0 Å². The predicted molar refractivity (Wildman–Crippen MR) is 135 cm³/mol. The lowest BCUT2D eigenvalue weighted by Crippen LogP contribution is -2.01. The van der Waals surface area contributed by atoms with Crippen LogP contribution in [0, 0.1) is 0 Å². The highest BCUT2D eigenvalue weighted by Crippen LogP contribution is 2.45. The zero-order valence-electron chi connectivity index (χ0n) is 17.0. The van der Waals surface area contributed by atoms with Gasteiger partial charge in [0.1, 0.15) is 0 Å². The van der Waals surface area contributed by atoms with E-state index in [2.05, 4.69) is 84.2 Å². The molecule has 0 aliphatic heterocycles. The molecule has 0 bridgehead atoms. The quantitative estimate of drug-likeness (QED) is 0.296. The van der Waals surface area contributed by atoms with Gasteiger partial charge < -0.3 is 11.5 Å². The van der Waals surface area contributed by atoms with Crippen molar-refractivity contribution in [1.29, 1.82) is 0 Å². The SMILES string of the molecule is Nc1c(-c2ccccc2)ccc(-c2cccc(-c3ccccc3)c2-c2cccs2)c1N. The van der Waals surface area contributed by atoms with E-state index < -0.39 is 0 Å². The Balaban J connectivity index is 1.74. The average Bonchev–Trinajstić information content (AvgIpc) is 3.36. The van der Waals surface area contributed by atoms with E-state index in [1.165, 1.54) is 21.6 Å². The minimum absolute atomic E-state index is 0.615. The second kappa shape index (κ2) is 8.13. The van der Waals surface area contributed by atoms with Crippen molar-refractivity contribution >= 4 is 22.7 Å². The van der Waals surface area contributed by atoms with Crippen LogP contribution in [0.4, 0.5) is 11.4 Å². The van der Waals surface area contributed by atoms with Gasteiger partial charge >= 0.3 is 0 Å². The predicted octanol–water partition coefficient (Wildman–Crippen LogP) is 7.58. The van der Waals surface area contributed by atoms with Gasteiger partial charge in [-0.1, -0.05) is 97.1 Å². The van der Waals surface area contributed by atoms with Crippen LogP contribution >= 0.6 is 11.3 Å². The molecule has 0 spiro atoms. The highest BCUT2D eigenvalue weighted by molar-refractivity contribution is 7.13. The van der Waals surface area contributed by atoms with Gasteiger partial charge in [-0.3, -0.25) is 0 Å². The maximum Gasteiger partial charge on any atom is 0.0634 e. The van der Waals surface area contributed by atoms with Gasteiger partial charge in [-0.05, 0) is 33.7 Å². The Kier molecular flexibility index (Phi) is 5.03. The van der Waals surface area contributed by atoms with Crippen molar-refractivity contribution in [2.75, 3.05) is 11.5 Å². The third-order valence-electron chi connectivity index (χ3n) is 5.58. The zero-order chi connectivity index (χ0) is 21.2. The lowest BCUT2D eigenvalue weighted by Gasteiger charge is -2.18. The van der Waals surface area contributed by atoms with Crippen molar-refractivity contribution in [3.63, 3.8) is 0 Å². The summed E-state index contributed by atoms with van der Waals surface area (Å²) >= 11 is 1.73. The molecule has 0 aliphatic rings. The molecule has 0 atom stereocenters. The van der Waals surface area contributed by atoms with Crippen molar-refractivity contribution in [3.05, 3.63) is 109 Å². The average molecular weight is 419 g/mol. The van der Waals surface area contributed by atoms with Gasteiger partial charge in [0, 0.05) is 21.6 Å². The summed E-state index contributed by atoms with van der Waals surface area (Å²) in [6.07, 6.45) is 0. The van der Waals surface area contributed by atoms with Crippen molar-refractivity contribution in [3.8, 4) is 43.8 Å². The smallest absolute Gasteiger partial charge is 0.0634 e. The summed E-state index contributed by atoms with van der Waals surface area (Å²) in [5, 5.41) is 2.11. The van der Waals surface area contributed by atoms with Crippen LogP contribution in [-0.4, -0.2) is 0 Å². The van der Waals surface area contributed by atoms with Crippen molar-refractivity contribution in [1.82, 2.24) is 0 Å². The number of hydrogen-bond donors (Lipinski definition) is 2. The van der Waals surface area contributed by atoms with Crippen LogP contribution in [-0.2, 0) is 0 Å². The highest BCUT2D eigenvalue weighted by atomic mass is 32.1. The van der Waals surface area contributed by atoms with Crippen LogP contribution in [0.15, 0.2) is 109 Å². The molecule has 0 amide bonds. The van der Waals surface area contributed by atoms with Gasteiger partial charge in [-0.2, -0.15) is 0 Å². The van der Waals surface area contributed by atoms with Gasteiger partial charge in [0.15, 0.2) is 0 Å². The normalized spacial score (nSPS) is 10.8. The molecule has 0 aliphatic carbocycles. The second-order valence-electron chi connectivity index (χ2n) is 7.43. The molecule has 0 fully saturated rings. The van der Waals surface area contributed by atoms with Gasteiger partial charge in [0.05, 0.1) is 11.4 Å². The summed E-state index contributed by atoms with van der Waals surface area (Å²) in [7, 11) is 0. The number of anilines is 2. The van der Waals surface area contributed by atoms with E-state index in [9.17, 15) is 0 Å². The van der Waals surface area contributed by atoms with Gasteiger partial charge in [-0.15, -0.1) is 11.3 Å². The van der Waals surface area contributed by atoms with Crippen LogP contribution in [0.5, 0.6) is 0 Å². The van der Waals surface area contributed by atoms with Crippen LogP contribution < -0.4 is 11.5 Å². The van der Waals surface area contributed by atoms with E-state index in [4.69, 9.17) is 11.5 Å². The van der Waals surface area contributed by atoms with E-state index in [0.29, 0.717) is 11.4 Å². The molecule has 0 unspecified atom stereocenters. The van der Waals surface area contributed by atoms with E-state index in [1.54, 1.807) is 11.3 Å². The molecule has 0 saturated carbocycles. The Morgan fingerprint density at radius 2 is 1.03 bits per heavy atom. The third kappa shape index (κ3) is 3.49. The Bertz CT molecular complexity index is 1320. The fourth-order valence-corrected chi connectivity index (χ4v) is 4.86. The molecule has 2 nitrogen and oxygen atoms in total. The summed E-state index contributed by atoms with van der Waals surface area (Å²) < 4.78 is 0. The highest BCUT2D eigenvalue weighted by Gasteiger charge is 2.18. The minimum Gasteiger partial charge on any atom is -0.397 e. The van der Waals surface area contributed by atoms with Crippen molar-refractivity contribution < 1.29 is 0 Å². The molecule has 1 heterocycles. The van der Waals surface area contributed by atoms with Gasteiger partial charge in [0.25, 0.3) is 0 Å². The number of benzene rings is 4. The Morgan fingerprint density at radius 3 is 1.68 bits per heavy atom. The fourth-order valence-electron chi connectivity index (χ4n) is 4.06. The first-order chi connectivity index (χ1) is 15.2. The number of thiophene rings is 1. The van der Waals surface area contributed by atoms with Crippen LogP contribution in [0.2, 0.25) is 0 Å². The summed E-state index contributed by atoms with van der Waals surface area (Å²) in [6.45, 7) is 0.